The second-order valence-electron chi connectivity index (χ2n) is 9.01. The highest BCUT2D eigenvalue weighted by Crippen LogP contribution is 2.64. The van der Waals surface area contributed by atoms with Crippen LogP contribution in [0.2, 0.25) is 0 Å². The first-order valence-corrected chi connectivity index (χ1v) is 13.2. The molecule has 138 valence electrons. The minimum absolute atomic E-state index is 0.561. The fourth-order valence-electron chi connectivity index (χ4n) is 4.81. The van der Waals surface area contributed by atoms with Crippen LogP contribution in [-0.4, -0.2) is 18.5 Å². The van der Waals surface area contributed by atoms with Crippen molar-refractivity contribution in [2.45, 2.75) is 86.0 Å². The normalized spacial score (nSPS) is 25.6. The van der Waals surface area contributed by atoms with Gasteiger partial charge in [-0.15, -0.1) is 0 Å². The third-order valence-corrected chi connectivity index (χ3v) is 11.4. The summed E-state index contributed by atoms with van der Waals surface area (Å²) in [7, 11) is -0.885. The van der Waals surface area contributed by atoms with Crippen LogP contribution >= 0.6 is 7.26 Å². The Kier molecular flexibility index (Phi) is 7.60. The molecule has 0 aromatic carbocycles. The van der Waals surface area contributed by atoms with E-state index in [1.54, 1.807) is 5.57 Å². The van der Waals surface area contributed by atoms with Gasteiger partial charge in [0, 0.05) is 7.26 Å². The van der Waals surface area contributed by atoms with Crippen molar-refractivity contribution in [3.63, 3.8) is 0 Å². The molecule has 0 aromatic heterocycles. The molecule has 1 heteroatoms. The number of fused-ring (bicyclic) bond motifs is 1. The van der Waals surface area contributed by atoms with E-state index in [4.69, 9.17) is 0 Å². The number of allylic oxidation sites excluding steroid dienone is 3. The van der Waals surface area contributed by atoms with E-state index in [9.17, 15) is 0 Å². The molecule has 0 unspecified atom stereocenters. The topological polar surface area (TPSA) is 0 Å². The summed E-state index contributed by atoms with van der Waals surface area (Å²) in [5.74, 6) is 4.59. The molecule has 0 spiro atoms. The molecule has 1 saturated carbocycles. The van der Waals surface area contributed by atoms with Gasteiger partial charge in [0.15, 0.2) is 0 Å². The molecule has 0 N–H and O–H groups in total. The zero-order valence-corrected chi connectivity index (χ0v) is 18.0. The quantitative estimate of drug-likeness (QED) is 0.332. The molecular formula is C23H42P+. The molecule has 3 rings (SSSR count). The van der Waals surface area contributed by atoms with Crippen molar-refractivity contribution in [2.24, 2.45) is 17.3 Å². The first kappa shape index (κ1) is 20.2. The zero-order valence-electron chi connectivity index (χ0n) is 17.1. The lowest BCUT2D eigenvalue weighted by molar-refractivity contribution is -0.00327. The lowest BCUT2D eigenvalue weighted by Gasteiger charge is -2.56. The Balaban J connectivity index is 2.14. The molecule has 1 fully saturated rings. The van der Waals surface area contributed by atoms with Crippen LogP contribution < -0.4 is 0 Å². The van der Waals surface area contributed by atoms with Gasteiger partial charge in [0.05, 0.1) is 24.3 Å². The second kappa shape index (κ2) is 9.02. The average molecular weight is 350 g/mol. The molecule has 0 amide bonds. The van der Waals surface area contributed by atoms with E-state index < -0.39 is 7.26 Å². The predicted molar refractivity (Wildman–Crippen MR) is 113 cm³/mol. The summed E-state index contributed by atoms with van der Waals surface area (Å²) in [5.41, 5.74) is 2.25. The van der Waals surface area contributed by atoms with Gasteiger partial charge in [0.25, 0.3) is 0 Å². The van der Waals surface area contributed by atoms with Gasteiger partial charge in [-0.25, -0.2) is 0 Å². The monoisotopic (exact) mass is 349 g/mol. The molecule has 0 heterocycles. The Morgan fingerprint density at radius 1 is 1.00 bits per heavy atom. The molecule has 0 radical (unpaired) electrons. The summed E-state index contributed by atoms with van der Waals surface area (Å²) in [6, 6.07) is 0. The van der Waals surface area contributed by atoms with Crippen LogP contribution in [0.4, 0.5) is 0 Å². The molecule has 2 bridgehead atoms. The van der Waals surface area contributed by atoms with Gasteiger partial charge in [-0.05, 0) is 61.0 Å². The number of unbranched alkanes of at least 4 members (excludes halogenated alkanes) is 3. The molecule has 0 aliphatic heterocycles. The summed E-state index contributed by atoms with van der Waals surface area (Å²) in [6.07, 6.45) is 20.9. The van der Waals surface area contributed by atoms with Crippen LogP contribution in [0.5, 0.6) is 0 Å². The molecule has 24 heavy (non-hydrogen) atoms. The summed E-state index contributed by atoms with van der Waals surface area (Å²) in [6.45, 7) is 12.1. The standard InChI is InChI=1S/C23H42P/c1-6-9-15-24(16-10-7-2,17-11-8-3)18-14-20-12-13-21-19-22(20)23(21,4)5/h12,14,18,21-22H,6-11,13,15-17,19H2,1-5H3/q+1/b18-14-/t21-,22-/m0/s1. The van der Waals surface area contributed by atoms with Crippen molar-refractivity contribution in [3.05, 3.63) is 23.5 Å². The molecule has 2 atom stereocenters. The average Bonchev–Trinajstić information content (AvgIpc) is 2.60. The summed E-state index contributed by atoms with van der Waals surface area (Å²) >= 11 is 0. The van der Waals surface area contributed by atoms with Gasteiger partial charge in [-0.2, -0.15) is 0 Å². The first-order chi connectivity index (χ1) is 11.5. The van der Waals surface area contributed by atoms with E-state index in [0.717, 1.165) is 11.8 Å². The Hall–Kier alpha value is -0.0900. The first-order valence-electron chi connectivity index (χ1n) is 10.7. The Morgan fingerprint density at radius 2 is 1.54 bits per heavy atom. The minimum atomic E-state index is -0.885. The van der Waals surface area contributed by atoms with Crippen LogP contribution in [0.15, 0.2) is 23.5 Å². The van der Waals surface area contributed by atoms with Crippen LogP contribution in [0.3, 0.4) is 0 Å². The maximum absolute atomic E-state index is 2.79. The van der Waals surface area contributed by atoms with Crippen LogP contribution in [-0.2, 0) is 0 Å². The molecule has 3 aliphatic rings. The molecule has 3 aliphatic carbocycles. The molecule has 0 aromatic rings. The largest absolute Gasteiger partial charge is 0.0806 e. The zero-order chi connectivity index (χ0) is 17.6. The van der Waals surface area contributed by atoms with Crippen LogP contribution in [0.25, 0.3) is 0 Å². The number of hydrogen-bond donors (Lipinski definition) is 0. The van der Waals surface area contributed by atoms with E-state index in [2.05, 4.69) is 52.6 Å². The Labute approximate surface area is 152 Å². The van der Waals surface area contributed by atoms with Crippen molar-refractivity contribution < 1.29 is 0 Å². The third-order valence-electron chi connectivity index (χ3n) is 6.97. The SMILES string of the molecule is CCCC[P+](/C=C\C1=CC[C@H]2C[C@@H]1C2(C)C)(CCCC)CCCC. The molecular weight excluding hydrogens is 307 g/mol. The smallest absolute Gasteiger partial charge is 0.0635 e. The van der Waals surface area contributed by atoms with Crippen molar-refractivity contribution in [2.75, 3.05) is 18.5 Å². The van der Waals surface area contributed by atoms with Gasteiger partial charge < -0.3 is 0 Å². The highest BCUT2D eigenvalue weighted by atomic mass is 31.2. The predicted octanol–water partition coefficient (Wildman–Crippen LogP) is 7.91. The minimum Gasteiger partial charge on any atom is -0.0806 e. The van der Waals surface area contributed by atoms with Gasteiger partial charge in [-0.3, -0.25) is 0 Å². The Bertz CT molecular complexity index is 421. The van der Waals surface area contributed by atoms with Crippen LogP contribution in [0, 0.1) is 17.3 Å². The van der Waals surface area contributed by atoms with Gasteiger partial charge in [0.1, 0.15) is 0 Å². The van der Waals surface area contributed by atoms with E-state index in [0.29, 0.717) is 5.41 Å². The van der Waals surface area contributed by atoms with E-state index in [1.807, 2.05) is 0 Å². The van der Waals surface area contributed by atoms with Crippen molar-refractivity contribution >= 4 is 7.26 Å². The number of hydrogen-bond acceptors (Lipinski definition) is 0. The maximum Gasteiger partial charge on any atom is 0.0635 e. The van der Waals surface area contributed by atoms with Gasteiger partial charge in [-0.1, -0.05) is 60.0 Å². The van der Waals surface area contributed by atoms with Gasteiger partial charge >= 0.3 is 0 Å². The fourth-order valence-corrected chi connectivity index (χ4v) is 9.25. The van der Waals surface area contributed by atoms with Crippen LogP contribution in [0.1, 0.15) is 86.0 Å². The Morgan fingerprint density at radius 3 is 1.96 bits per heavy atom. The number of rotatable bonds is 11. The lowest BCUT2D eigenvalue weighted by Crippen LogP contribution is -2.47. The van der Waals surface area contributed by atoms with E-state index in [1.165, 1.54) is 69.9 Å². The molecule has 0 saturated heterocycles. The lowest BCUT2D eigenvalue weighted by atomic mass is 9.49. The highest BCUT2D eigenvalue weighted by molar-refractivity contribution is 7.78. The third kappa shape index (κ3) is 4.55. The van der Waals surface area contributed by atoms with Crippen molar-refractivity contribution in [3.8, 4) is 0 Å². The maximum atomic E-state index is 2.79. The second-order valence-corrected chi connectivity index (χ2v) is 13.1. The summed E-state index contributed by atoms with van der Waals surface area (Å²) < 4.78 is 0. The summed E-state index contributed by atoms with van der Waals surface area (Å²) in [4.78, 5) is 0. The molecule has 0 nitrogen and oxygen atoms in total. The summed E-state index contributed by atoms with van der Waals surface area (Å²) in [5, 5.41) is 0. The van der Waals surface area contributed by atoms with Crippen molar-refractivity contribution in [1.29, 1.82) is 0 Å². The van der Waals surface area contributed by atoms with E-state index in [-0.39, 0.29) is 0 Å². The highest BCUT2D eigenvalue weighted by Gasteiger charge is 2.50. The van der Waals surface area contributed by atoms with E-state index >= 15 is 0 Å². The fraction of sp³-hybridized carbons (Fsp3) is 0.826. The van der Waals surface area contributed by atoms with Crippen molar-refractivity contribution in [1.82, 2.24) is 0 Å². The van der Waals surface area contributed by atoms with Gasteiger partial charge in [0.2, 0.25) is 0 Å².